The zero-order valence-electron chi connectivity index (χ0n) is 10.5. The average Bonchev–Trinajstić information content (AvgIpc) is 1.96. The lowest BCUT2D eigenvalue weighted by Crippen LogP contribution is -2.33. The SMILES string of the molecule is C=C(CNC(=O)OC(C)(C)C)CC(C)C. The fourth-order valence-corrected chi connectivity index (χ4v) is 1.16. The van der Waals surface area contributed by atoms with Gasteiger partial charge in [-0.15, -0.1) is 0 Å². The van der Waals surface area contributed by atoms with Gasteiger partial charge in [0.05, 0.1) is 0 Å². The highest BCUT2D eigenvalue weighted by Gasteiger charge is 2.15. The van der Waals surface area contributed by atoms with Crippen LogP contribution in [0.3, 0.4) is 0 Å². The molecule has 0 spiro atoms. The number of alkyl carbamates (subject to hydrolysis) is 1. The van der Waals surface area contributed by atoms with Crippen LogP contribution in [0.1, 0.15) is 41.0 Å². The highest BCUT2D eigenvalue weighted by molar-refractivity contribution is 5.67. The van der Waals surface area contributed by atoms with Crippen LogP contribution in [0, 0.1) is 5.92 Å². The van der Waals surface area contributed by atoms with Gasteiger partial charge in [0.1, 0.15) is 5.60 Å². The molecule has 0 saturated heterocycles. The molecule has 0 unspecified atom stereocenters. The molecular formula is C12H23NO2. The summed E-state index contributed by atoms with van der Waals surface area (Å²) in [6.45, 7) is 14.2. The van der Waals surface area contributed by atoms with Crippen LogP contribution in [-0.4, -0.2) is 18.2 Å². The smallest absolute Gasteiger partial charge is 0.407 e. The van der Waals surface area contributed by atoms with Crippen LogP contribution >= 0.6 is 0 Å². The lowest BCUT2D eigenvalue weighted by molar-refractivity contribution is 0.0532. The number of carbonyl (C=O) groups excluding carboxylic acids is 1. The maximum Gasteiger partial charge on any atom is 0.407 e. The summed E-state index contributed by atoms with van der Waals surface area (Å²) in [6, 6.07) is 0. The van der Waals surface area contributed by atoms with Gasteiger partial charge in [-0.3, -0.25) is 0 Å². The Balaban J connectivity index is 3.77. The summed E-state index contributed by atoms with van der Waals surface area (Å²) < 4.78 is 5.10. The van der Waals surface area contributed by atoms with Gasteiger partial charge in [-0.1, -0.05) is 26.0 Å². The van der Waals surface area contributed by atoms with Gasteiger partial charge in [-0.05, 0) is 33.1 Å². The summed E-state index contributed by atoms with van der Waals surface area (Å²) in [6.07, 6.45) is 0.544. The minimum absolute atomic E-state index is 0.382. The Morgan fingerprint density at radius 3 is 2.33 bits per heavy atom. The summed E-state index contributed by atoms with van der Waals surface area (Å²) in [5, 5.41) is 2.68. The second kappa shape index (κ2) is 5.79. The number of nitrogens with one attached hydrogen (secondary N) is 1. The third-order valence-corrected chi connectivity index (χ3v) is 1.58. The van der Waals surface area contributed by atoms with E-state index >= 15 is 0 Å². The average molecular weight is 213 g/mol. The molecule has 0 radical (unpaired) electrons. The van der Waals surface area contributed by atoms with Gasteiger partial charge >= 0.3 is 6.09 Å². The van der Waals surface area contributed by atoms with Gasteiger partial charge in [0.25, 0.3) is 0 Å². The van der Waals surface area contributed by atoms with Crippen LogP contribution in [0.25, 0.3) is 0 Å². The highest BCUT2D eigenvalue weighted by Crippen LogP contribution is 2.09. The lowest BCUT2D eigenvalue weighted by Gasteiger charge is -2.20. The van der Waals surface area contributed by atoms with Crippen molar-refractivity contribution in [2.75, 3.05) is 6.54 Å². The summed E-state index contributed by atoms with van der Waals surface area (Å²) in [5.74, 6) is 0.568. The highest BCUT2D eigenvalue weighted by atomic mass is 16.6. The van der Waals surface area contributed by atoms with Crippen molar-refractivity contribution < 1.29 is 9.53 Å². The molecule has 0 saturated carbocycles. The third-order valence-electron chi connectivity index (χ3n) is 1.58. The van der Waals surface area contributed by atoms with E-state index in [2.05, 4.69) is 25.7 Å². The third kappa shape index (κ3) is 9.32. The first-order valence-corrected chi connectivity index (χ1v) is 5.34. The second-order valence-corrected chi connectivity index (χ2v) is 5.20. The first kappa shape index (κ1) is 14.0. The summed E-state index contributed by atoms with van der Waals surface area (Å²) in [7, 11) is 0. The fraction of sp³-hybridized carbons (Fsp3) is 0.750. The molecule has 88 valence electrons. The van der Waals surface area contributed by atoms with Gasteiger partial charge < -0.3 is 10.1 Å². The largest absolute Gasteiger partial charge is 0.444 e. The number of hydrogen-bond acceptors (Lipinski definition) is 2. The van der Waals surface area contributed by atoms with E-state index in [1.165, 1.54) is 0 Å². The summed E-state index contributed by atoms with van der Waals surface area (Å²) in [5.41, 5.74) is 0.583. The Labute approximate surface area is 92.9 Å². The van der Waals surface area contributed by atoms with E-state index in [0.717, 1.165) is 12.0 Å². The van der Waals surface area contributed by atoms with E-state index in [4.69, 9.17) is 4.74 Å². The molecule has 0 aromatic rings. The van der Waals surface area contributed by atoms with Crippen molar-refractivity contribution in [2.45, 2.75) is 46.6 Å². The summed E-state index contributed by atoms with van der Waals surface area (Å²) in [4.78, 5) is 11.3. The van der Waals surface area contributed by atoms with Crippen LogP contribution in [0.4, 0.5) is 4.79 Å². The molecule has 0 aliphatic rings. The molecule has 0 rings (SSSR count). The second-order valence-electron chi connectivity index (χ2n) is 5.20. The first-order chi connectivity index (χ1) is 6.70. The number of ether oxygens (including phenoxy) is 1. The minimum atomic E-state index is -0.441. The van der Waals surface area contributed by atoms with E-state index < -0.39 is 5.60 Å². The van der Waals surface area contributed by atoms with Crippen LogP contribution in [0.15, 0.2) is 12.2 Å². The van der Waals surface area contributed by atoms with Crippen molar-refractivity contribution in [3.05, 3.63) is 12.2 Å². The van der Waals surface area contributed by atoms with E-state index in [9.17, 15) is 4.79 Å². The van der Waals surface area contributed by atoms with Crippen molar-refractivity contribution in [3.63, 3.8) is 0 Å². The fourth-order valence-electron chi connectivity index (χ4n) is 1.16. The molecule has 3 nitrogen and oxygen atoms in total. The molecule has 15 heavy (non-hydrogen) atoms. The molecule has 0 aromatic carbocycles. The molecule has 0 fully saturated rings. The monoisotopic (exact) mass is 213 g/mol. The van der Waals surface area contributed by atoms with Crippen LogP contribution in [0.5, 0.6) is 0 Å². The molecule has 0 aliphatic heterocycles. The van der Waals surface area contributed by atoms with Crippen molar-refractivity contribution in [1.82, 2.24) is 5.32 Å². The first-order valence-electron chi connectivity index (χ1n) is 5.34. The molecule has 0 bridgehead atoms. The Bertz CT molecular complexity index is 226. The minimum Gasteiger partial charge on any atom is -0.444 e. The van der Waals surface area contributed by atoms with Crippen molar-refractivity contribution >= 4 is 6.09 Å². The molecule has 0 heterocycles. The normalized spacial score (nSPS) is 11.3. The van der Waals surface area contributed by atoms with Gasteiger partial charge in [-0.2, -0.15) is 0 Å². The van der Waals surface area contributed by atoms with E-state index in [0.29, 0.717) is 12.5 Å². The maximum atomic E-state index is 11.3. The van der Waals surface area contributed by atoms with Crippen molar-refractivity contribution in [3.8, 4) is 0 Å². The van der Waals surface area contributed by atoms with Crippen LogP contribution in [0.2, 0.25) is 0 Å². The van der Waals surface area contributed by atoms with Crippen LogP contribution < -0.4 is 5.32 Å². The molecule has 0 atom stereocenters. The molecular weight excluding hydrogens is 190 g/mol. The molecule has 1 amide bonds. The number of carbonyl (C=O) groups is 1. The Morgan fingerprint density at radius 2 is 1.93 bits per heavy atom. The molecule has 0 aromatic heterocycles. The predicted molar refractivity (Wildman–Crippen MR) is 62.8 cm³/mol. The van der Waals surface area contributed by atoms with Gasteiger partial charge in [0.2, 0.25) is 0 Å². The number of rotatable bonds is 4. The van der Waals surface area contributed by atoms with E-state index in [1.54, 1.807) is 0 Å². The quantitative estimate of drug-likeness (QED) is 0.729. The van der Waals surface area contributed by atoms with Crippen LogP contribution in [-0.2, 0) is 4.74 Å². The summed E-state index contributed by atoms with van der Waals surface area (Å²) >= 11 is 0. The number of amides is 1. The standard InChI is InChI=1S/C12H23NO2/c1-9(2)7-10(3)8-13-11(14)15-12(4,5)6/h9H,3,7-8H2,1-2,4-6H3,(H,13,14). The van der Waals surface area contributed by atoms with Gasteiger partial charge in [-0.25, -0.2) is 4.79 Å². The van der Waals surface area contributed by atoms with Gasteiger partial charge in [0, 0.05) is 6.54 Å². The van der Waals surface area contributed by atoms with E-state index in [-0.39, 0.29) is 6.09 Å². The molecule has 0 aliphatic carbocycles. The Morgan fingerprint density at radius 1 is 1.40 bits per heavy atom. The maximum absolute atomic E-state index is 11.3. The topological polar surface area (TPSA) is 38.3 Å². The molecule has 1 N–H and O–H groups in total. The Kier molecular flexibility index (Phi) is 5.40. The molecule has 3 heteroatoms. The predicted octanol–water partition coefficient (Wildman–Crippen LogP) is 3.11. The lowest BCUT2D eigenvalue weighted by atomic mass is 10.0. The van der Waals surface area contributed by atoms with Crippen molar-refractivity contribution in [1.29, 1.82) is 0 Å². The Hall–Kier alpha value is -0.990. The zero-order chi connectivity index (χ0) is 12.1. The number of hydrogen-bond donors (Lipinski definition) is 1. The van der Waals surface area contributed by atoms with E-state index in [1.807, 2.05) is 20.8 Å². The zero-order valence-corrected chi connectivity index (χ0v) is 10.5. The van der Waals surface area contributed by atoms with Crippen molar-refractivity contribution in [2.24, 2.45) is 5.92 Å². The van der Waals surface area contributed by atoms with Gasteiger partial charge in [0.15, 0.2) is 0 Å².